The van der Waals surface area contributed by atoms with Gasteiger partial charge in [-0.25, -0.2) is 4.98 Å². The van der Waals surface area contributed by atoms with E-state index < -0.39 is 23.7 Å². The van der Waals surface area contributed by atoms with Crippen LogP contribution in [0.25, 0.3) is 0 Å². The molecule has 0 radical (unpaired) electrons. The summed E-state index contributed by atoms with van der Waals surface area (Å²) < 4.78 is 39.0. The quantitative estimate of drug-likeness (QED) is 0.844. The van der Waals surface area contributed by atoms with E-state index in [2.05, 4.69) is 15.3 Å². The first-order valence-electron chi connectivity index (χ1n) is 8.60. The Hall–Kier alpha value is -2.97. The second kappa shape index (κ2) is 8.37. The lowest BCUT2D eigenvalue weighted by Crippen LogP contribution is -2.32. The summed E-state index contributed by atoms with van der Waals surface area (Å²) in [5.41, 5.74) is -0.385. The highest BCUT2D eigenvalue weighted by molar-refractivity contribution is 5.96. The number of carbonyl (C=O) groups is 2. The molecule has 0 aliphatic carbocycles. The van der Waals surface area contributed by atoms with Crippen molar-refractivity contribution in [2.45, 2.75) is 33.0 Å². The first kappa shape index (κ1) is 21.3. The fourth-order valence-electron chi connectivity index (χ4n) is 2.58. The Balaban J connectivity index is 2.29. The number of carbonyl (C=O) groups excluding carboxylic acids is 2. The summed E-state index contributed by atoms with van der Waals surface area (Å²) in [4.78, 5) is 34.6. The van der Waals surface area contributed by atoms with Crippen LogP contribution in [-0.4, -0.2) is 40.3 Å². The molecule has 2 amide bonds. The van der Waals surface area contributed by atoms with Crippen LogP contribution in [0.15, 0.2) is 30.6 Å². The van der Waals surface area contributed by atoms with Crippen LogP contribution in [0.5, 0.6) is 0 Å². The predicted molar refractivity (Wildman–Crippen MR) is 96.7 cm³/mol. The maximum Gasteiger partial charge on any atom is 0.416 e. The molecule has 1 aromatic heterocycles. The third kappa shape index (κ3) is 4.85. The molecule has 150 valence electrons. The van der Waals surface area contributed by atoms with Gasteiger partial charge >= 0.3 is 6.18 Å². The topological polar surface area (TPSA) is 75.2 Å². The summed E-state index contributed by atoms with van der Waals surface area (Å²) in [6.07, 6.45) is -1.80. The maximum absolute atomic E-state index is 13.0. The molecule has 1 heterocycles. The number of rotatable bonds is 5. The lowest BCUT2D eigenvalue weighted by atomic mass is 10.0. The molecule has 1 unspecified atom stereocenters. The van der Waals surface area contributed by atoms with Gasteiger partial charge in [0.15, 0.2) is 5.69 Å². The molecule has 1 N–H and O–H groups in total. The zero-order chi connectivity index (χ0) is 21.1. The van der Waals surface area contributed by atoms with Gasteiger partial charge in [-0.1, -0.05) is 0 Å². The maximum atomic E-state index is 13.0. The highest BCUT2D eigenvalue weighted by Crippen LogP contribution is 2.30. The first-order chi connectivity index (χ1) is 13.0. The Bertz CT molecular complexity index is 884. The van der Waals surface area contributed by atoms with E-state index in [-0.39, 0.29) is 22.9 Å². The highest BCUT2D eigenvalue weighted by atomic mass is 19.4. The zero-order valence-corrected chi connectivity index (χ0v) is 16.0. The Kier molecular flexibility index (Phi) is 6.37. The molecular weight excluding hydrogens is 373 g/mol. The van der Waals surface area contributed by atoms with E-state index in [0.29, 0.717) is 12.1 Å². The number of alkyl halides is 3. The molecule has 0 spiro atoms. The van der Waals surface area contributed by atoms with Crippen LogP contribution in [-0.2, 0) is 6.18 Å². The summed E-state index contributed by atoms with van der Waals surface area (Å²) in [6.45, 7) is 5.33. The first-order valence-corrected chi connectivity index (χ1v) is 8.60. The lowest BCUT2D eigenvalue weighted by Gasteiger charge is -2.19. The summed E-state index contributed by atoms with van der Waals surface area (Å²) in [7, 11) is 1.61. The van der Waals surface area contributed by atoms with Crippen LogP contribution in [0, 0.1) is 6.92 Å². The summed E-state index contributed by atoms with van der Waals surface area (Å²) in [5, 5.41) is 2.59. The number of hydrogen-bond acceptors (Lipinski definition) is 4. The van der Waals surface area contributed by atoms with E-state index in [9.17, 15) is 22.8 Å². The lowest BCUT2D eigenvalue weighted by molar-refractivity contribution is -0.137. The monoisotopic (exact) mass is 394 g/mol. The van der Waals surface area contributed by atoms with E-state index in [1.165, 1.54) is 30.3 Å². The van der Waals surface area contributed by atoms with Gasteiger partial charge < -0.3 is 10.2 Å². The summed E-state index contributed by atoms with van der Waals surface area (Å²) in [5.74, 6) is -1.06. The van der Waals surface area contributed by atoms with Crippen LogP contribution in [0.2, 0.25) is 0 Å². The highest BCUT2D eigenvalue weighted by Gasteiger charge is 2.31. The molecule has 0 aliphatic rings. The molecule has 28 heavy (non-hydrogen) atoms. The van der Waals surface area contributed by atoms with Gasteiger partial charge in [0.2, 0.25) is 0 Å². The molecule has 6 nitrogen and oxygen atoms in total. The predicted octanol–water partition coefficient (Wildman–Crippen LogP) is 3.39. The van der Waals surface area contributed by atoms with Crippen molar-refractivity contribution < 1.29 is 22.8 Å². The number of amides is 2. The number of halogens is 3. The minimum atomic E-state index is -4.55. The van der Waals surface area contributed by atoms with E-state index in [0.717, 1.165) is 12.1 Å². The van der Waals surface area contributed by atoms with Crippen molar-refractivity contribution in [2.75, 3.05) is 13.6 Å². The van der Waals surface area contributed by atoms with Crippen LogP contribution in [0.1, 0.15) is 57.6 Å². The number of hydrogen-bond donors (Lipinski definition) is 1. The molecule has 0 fully saturated rings. The summed E-state index contributed by atoms with van der Waals surface area (Å²) in [6, 6.07) is 2.40. The molecule has 2 aromatic rings. The van der Waals surface area contributed by atoms with Crippen LogP contribution >= 0.6 is 0 Å². The van der Waals surface area contributed by atoms with Crippen molar-refractivity contribution in [1.82, 2.24) is 20.2 Å². The Morgan fingerprint density at radius 1 is 1.18 bits per heavy atom. The van der Waals surface area contributed by atoms with Crippen molar-refractivity contribution in [2.24, 2.45) is 0 Å². The minimum Gasteiger partial charge on any atom is -0.344 e. The van der Waals surface area contributed by atoms with Gasteiger partial charge in [-0.05, 0) is 44.5 Å². The van der Waals surface area contributed by atoms with Crippen LogP contribution in [0.3, 0.4) is 0 Å². The SMILES string of the molecule is CCN(C)C(=O)c1nccnc1C(C)NC(=O)c1cc(C)cc(C(F)(F)F)c1. The smallest absolute Gasteiger partial charge is 0.344 e. The number of nitrogens with one attached hydrogen (secondary N) is 1. The Labute approximate surface area is 160 Å². The van der Waals surface area contributed by atoms with Crippen molar-refractivity contribution in [3.8, 4) is 0 Å². The van der Waals surface area contributed by atoms with Gasteiger partial charge in [-0.15, -0.1) is 0 Å². The standard InChI is InChI=1S/C19H21F3N4O2/c1-5-26(4)18(28)16-15(23-6-7-24-16)12(3)25-17(27)13-8-11(2)9-14(10-13)19(20,21)22/h6-10,12H,5H2,1-4H3,(H,25,27). The third-order valence-corrected chi connectivity index (χ3v) is 4.17. The normalized spacial score (nSPS) is 12.4. The second-order valence-corrected chi connectivity index (χ2v) is 6.39. The fourth-order valence-corrected chi connectivity index (χ4v) is 2.58. The molecule has 0 bridgehead atoms. The largest absolute Gasteiger partial charge is 0.416 e. The molecular formula is C19H21F3N4O2. The second-order valence-electron chi connectivity index (χ2n) is 6.39. The van der Waals surface area contributed by atoms with E-state index >= 15 is 0 Å². The molecule has 0 saturated carbocycles. The zero-order valence-electron chi connectivity index (χ0n) is 16.0. The van der Waals surface area contributed by atoms with Crippen LogP contribution in [0.4, 0.5) is 13.2 Å². The average molecular weight is 394 g/mol. The van der Waals surface area contributed by atoms with Gasteiger partial charge in [0.25, 0.3) is 11.8 Å². The molecule has 0 aliphatic heterocycles. The Morgan fingerprint density at radius 2 is 1.82 bits per heavy atom. The molecule has 1 aromatic carbocycles. The van der Waals surface area contributed by atoms with E-state index in [1.54, 1.807) is 20.9 Å². The van der Waals surface area contributed by atoms with Crippen LogP contribution < -0.4 is 5.32 Å². The summed E-state index contributed by atoms with van der Waals surface area (Å²) >= 11 is 0. The van der Waals surface area contributed by atoms with Crippen molar-refractivity contribution >= 4 is 11.8 Å². The van der Waals surface area contributed by atoms with Crippen molar-refractivity contribution in [3.63, 3.8) is 0 Å². The van der Waals surface area contributed by atoms with Gasteiger partial charge in [0.05, 0.1) is 17.3 Å². The van der Waals surface area contributed by atoms with Gasteiger partial charge in [-0.3, -0.25) is 14.6 Å². The molecule has 2 rings (SSSR count). The van der Waals surface area contributed by atoms with Gasteiger partial charge in [0.1, 0.15) is 0 Å². The number of aryl methyl sites for hydroxylation is 1. The minimum absolute atomic E-state index is 0.0832. The number of aromatic nitrogens is 2. The average Bonchev–Trinajstić information content (AvgIpc) is 2.65. The fraction of sp³-hybridized carbons (Fsp3) is 0.368. The van der Waals surface area contributed by atoms with Gasteiger partial charge in [-0.2, -0.15) is 13.2 Å². The third-order valence-electron chi connectivity index (χ3n) is 4.17. The van der Waals surface area contributed by atoms with E-state index in [4.69, 9.17) is 0 Å². The Morgan fingerprint density at radius 3 is 2.43 bits per heavy atom. The number of nitrogens with zero attached hydrogens (tertiary/aromatic N) is 3. The number of benzene rings is 1. The van der Waals surface area contributed by atoms with Gasteiger partial charge in [0, 0.05) is 31.5 Å². The van der Waals surface area contributed by atoms with E-state index in [1.807, 2.05) is 0 Å². The van der Waals surface area contributed by atoms with Crippen molar-refractivity contribution in [3.05, 3.63) is 58.7 Å². The molecule has 1 atom stereocenters. The van der Waals surface area contributed by atoms with Crippen molar-refractivity contribution in [1.29, 1.82) is 0 Å². The molecule has 0 saturated heterocycles. The molecule has 9 heteroatoms.